The second kappa shape index (κ2) is 6.76. The maximum absolute atomic E-state index is 12.0. The minimum absolute atomic E-state index is 0.0993. The maximum Gasteiger partial charge on any atom is 0.253 e. The summed E-state index contributed by atoms with van der Waals surface area (Å²) in [6, 6.07) is 5.34. The van der Waals surface area contributed by atoms with E-state index in [1.807, 2.05) is 0 Å². The van der Waals surface area contributed by atoms with Gasteiger partial charge >= 0.3 is 0 Å². The standard InChI is InChI=1S/C12H14Br2ClNO/c1-7(2)11(6-13)16-12(17)9-4-3-8(14)5-10(9)15/h3-5,7,11H,6H2,1-2H3,(H,16,17). The van der Waals surface area contributed by atoms with Crippen molar-refractivity contribution in [2.24, 2.45) is 5.92 Å². The van der Waals surface area contributed by atoms with Crippen LogP contribution < -0.4 is 5.32 Å². The number of rotatable bonds is 4. The highest BCUT2D eigenvalue weighted by molar-refractivity contribution is 9.10. The number of hydrogen-bond donors (Lipinski definition) is 1. The number of carbonyl (C=O) groups excluding carboxylic acids is 1. The summed E-state index contributed by atoms with van der Waals surface area (Å²) >= 11 is 12.7. The summed E-state index contributed by atoms with van der Waals surface area (Å²) in [5, 5.41) is 4.14. The van der Waals surface area contributed by atoms with Gasteiger partial charge in [-0.05, 0) is 24.1 Å². The lowest BCUT2D eigenvalue weighted by molar-refractivity contribution is 0.0932. The minimum atomic E-state index is -0.138. The number of nitrogens with one attached hydrogen (secondary N) is 1. The molecule has 1 aromatic rings. The zero-order chi connectivity index (χ0) is 13.0. The van der Waals surface area contributed by atoms with Crippen LogP contribution in [0, 0.1) is 5.92 Å². The molecule has 1 atom stereocenters. The molecule has 17 heavy (non-hydrogen) atoms. The number of alkyl halides is 1. The summed E-state index contributed by atoms with van der Waals surface area (Å²) < 4.78 is 0.861. The van der Waals surface area contributed by atoms with E-state index in [4.69, 9.17) is 11.6 Å². The predicted molar refractivity (Wildman–Crippen MR) is 79.0 cm³/mol. The number of hydrogen-bond acceptors (Lipinski definition) is 1. The molecular formula is C12H14Br2ClNO. The van der Waals surface area contributed by atoms with Gasteiger partial charge in [-0.2, -0.15) is 0 Å². The Balaban J connectivity index is 2.82. The fourth-order valence-electron chi connectivity index (χ4n) is 1.30. The summed E-state index contributed by atoms with van der Waals surface area (Å²) in [4.78, 5) is 12.0. The Labute approximate surface area is 123 Å². The third kappa shape index (κ3) is 4.27. The van der Waals surface area contributed by atoms with Gasteiger partial charge in [0.25, 0.3) is 5.91 Å². The number of halogens is 3. The Morgan fingerprint density at radius 1 is 1.47 bits per heavy atom. The molecule has 0 aliphatic carbocycles. The molecule has 1 aromatic carbocycles. The quantitative estimate of drug-likeness (QED) is 0.774. The van der Waals surface area contributed by atoms with E-state index < -0.39 is 0 Å². The van der Waals surface area contributed by atoms with Crippen molar-refractivity contribution in [1.82, 2.24) is 5.32 Å². The van der Waals surface area contributed by atoms with Crippen LogP contribution in [-0.4, -0.2) is 17.3 Å². The summed E-state index contributed by atoms with van der Waals surface area (Å²) in [6.07, 6.45) is 0. The summed E-state index contributed by atoms with van der Waals surface area (Å²) in [7, 11) is 0. The normalized spacial score (nSPS) is 12.6. The van der Waals surface area contributed by atoms with Gasteiger partial charge in [-0.25, -0.2) is 0 Å². The fourth-order valence-corrected chi connectivity index (χ4v) is 2.97. The number of benzene rings is 1. The van der Waals surface area contributed by atoms with Crippen molar-refractivity contribution in [2.45, 2.75) is 19.9 Å². The molecule has 0 saturated carbocycles. The van der Waals surface area contributed by atoms with Crippen molar-refractivity contribution in [2.75, 3.05) is 5.33 Å². The Bertz CT molecular complexity index is 409. The van der Waals surface area contributed by atoms with Gasteiger partial charge in [0, 0.05) is 15.8 Å². The summed E-state index contributed by atoms with van der Waals surface area (Å²) in [5.74, 6) is 0.230. The first kappa shape index (κ1) is 15.0. The lowest BCUT2D eigenvalue weighted by atomic mass is 10.1. The smallest absolute Gasteiger partial charge is 0.253 e. The molecule has 0 aliphatic rings. The molecule has 0 radical (unpaired) electrons. The molecule has 0 aliphatic heterocycles. The molecule has 94 valence electrons. The van der Waals surface area contributed by atoms with Crippen molar-refractivity contribution in [1.29, 1.82) is 0 Å². The minimum Gasteiger partial charge on any atom is -0.348 e. The van der Waals surface area contributed by atoms with Crippen LogP contribution in [0.15, 0.2) is 22.7 Å². The van der Waals surface area contributed by atoms with Gasteiger partial charge in [0.05, 0.1) is 10.6 Å². The van der Waals surface area contributed by atoms with E-state index in [-0.39, 0.29) is 11.9 Å². The maximum atomic E-state index is 12.0. The van der Waals surface area contributed by atoms with E-state index in [1.54, 1.807) is 18.2 Å². The van der Waals surface area contributed by atoms with Crippen molar-refractivity contribution < 1.29 is 4.79 Å². The largest absolute Gasteiger partial charge is 0.348 e. The van der Waals surface area contributed by atoms with Crippen LogP contribution in [0.3, 0.4) is 0 Å². The van der Waals surface area contributed by atoms with Gasteiger partial charge in [0.1, 0.15) is 0 Å². The van der Waals surface area contributed by atoms with Crippen LogP contribution >= 0.6 is 43.5 Å². The second-order valence-corrected chi connectivity index (χ2v) is 6.07. The summed E-state index contributed by atoms with van der Waals surface area (Å²) in [5.41, 5.74) is 0.501. The first-order valence-electron chi connectivity index (χ1n) is 5.27. The summed E-state index contributed by atoms with van der Waals surface area (Å²) in [6.45, 7) is 4.13. The lowest BCUT2D eigenvalue weighted by Gasteiger charge is -2.20. The number of carbonyl (C=O) groups is 1. The van der Waals surface area contributed by atoms with Crippen molar-refractivity contribution in [3.63, 3.8) is 0 Å². The molecule has 0 heterocycles. The van der Waals surface area contributed by atoms with Crippen molar-refractivity contribution in [3.05, 3.63) is 33.3 Å². The Morgan fingerprint density at radius 2 is 2.12 bits per heavy atom. The molecule has 0 spiro atoms. The van der Waals surface area contributed by atoms with E-state index >= 15 is 0 Å². The molecule has 1 unspecified atom stereocenters. The zero-order valence-corrected chi connectivity index (χ0v) is 13.6. The van der Waals surface area contributed by atoms with Gasteiger partial charge in [0.2, 0.25) is 0 Å². The average Bonchev–Trinajstić information content (AvgIpc) is 2.24. The van der Waals surface area contributed by atoms with Crippen LogP contribution in [-0.2, 0) is 0 Å². The highest BCUT2D eigenvalue weighted by atomic mass is 79.9. The molecule has 0 fully saturated rings. The molecule has 1 amide bonds. The Kier molecular flexibility index (Phi) is 5.97. The van der Waals surface area contributed by atoms with Crippen LogP contribution in [0.1, 0.15) is 24.2 Å². The lowest BCUT2D eigenvalue weighted by Crippen LogP contribution is -2.39. The van der Waals surface area contributed by atoms with E-state index in [0.29, 0.717) is 16.5 Å². The van der Waals surface area contributed by atoms with Crippen LogP contribution in [0.4, 0.5) is 0 Å². The van der Waals surface area contributed by atoms with Crippen molar-refractivity contribution >= 4 is 49.4 Å². The fraction of sp³-hybridized carbons (Fsp3) is 0.417. The van der Waals surface area contributed by atoms with E-state index in [2.05, 4.69) is 51.0 Å². The first-order chi connectivity index (χ1) is 7.95. The first-order valence-corrected chi connectivity index (χ1v) is 7.56. The monoisotopic (exact) mass is 381 g/mol. The molecule has 2 nitrogen and oxygen atoms in total. The van der Waals surface area contributed by atoms with Gasteiger partial charge in [-0.1, -0.05) is 57.3 Å². The zero-order valence-electron chi connectivity index (χ0n) is 9.64. The third-order valence-electron chi connectivity index (χ3n) is 2.46. The molecule has 0 bridgehead atoms. The van der Waals surface area contributed by atoms with Crippen LogP contribution in [0.5, 0.6) is 0 Å². The average molecular weight is 384 g/mol. The van der Waals surface area contributed by atoms with Crippen LogP contribution in [0.25, 0.3) is 0 Å². The van der Waals surface area contributed by atoms with E-state index in [1.165, 1.54) is 0 Å². The van der Waals surface area contributed by atoms with E-state index in [0.717, 1.165) is 9.80 Å². The van der Waals surface area contributed by atoms with E-state index in [9.17, 15) is 4.79 Å². The highest BCUT2D eigenvalue weighted by Gasteiger charge is 2.17. The Hall–Kier alpha value is -0.0600. The van der Waals surface area contributed by atoms with Gasteiger partial charge in [-0.15, -0.1) is 0 Å². The van der Waals surface area contributed by atoms with Crippen LogP contribution in [0.2, 0.25) is 5.02 Å². The third-order valence-corrected chi connectivity index (χ3v) is 3.97. The molecule has 5 heteroatoms. The Morgan fingerprint density at radius 3 is 2.59 bits per heavy atom. The van der Waals surface area contributed by atoms with Gasteiger partial charge in [0.15, 0.2) is 0 Å². The molecule has 0 saturated heterocycles. The highest BCUT2D eigenvalue weighted by Crippen LogP contribution is 2.21. The molecule has 1 rings (SSSR count). The van der Waals surface area contributed by atoms with Gasteiger partial charge in [-0.3, -0.25) is 4.79 Å². The molecular weight excluding hydrogens is 369 g/mol. The topological polar surface area (TPSA) is 29.1 Å². The SMILES string of the molecule is CC(C)C(CBr)NC(=O)c1ccc(Br)cc1Cl. The predicted octanol–water partition coefficient (Wildman–Crippen LogP) is 4.25. The number of amides is 1. The van der Waals surface area contributed by atoms with Crippen molar-refractivity contribution in [3.8, 4) is 0 Å². The van der Waals surface area contributed by atoms with Gasteiger partial charge < -0.3 is 5.32 Å². The second-order valence-electron chi connectivity index (χ2n) is 4.10. The molecule has 1 N–H and O–H groups in total. The molecule has 0 aromatic heterocycles.